The standard InChI is InChI=1S/C13H18BrN5/c1-4-13(3,5-2)19-12(16-17-18-19)9-6-10(14)8-11(15)7-9/h6-8H,4-5,15H2,1-3H3. The quantitative estimate of drug-likeness (QED) is 0.877. The number of tetrazole rings is 1. The van der Waals surface area contributed by atoms with Gasteiger partial charge >= 0.3 is 0 Å². The Morgan fingerprint density at radius 3 is 2.53 bits per heavy atom. The van der Waals surface area contributed by atoms with E-state index in [1.54, 1.807) is 0 Å². The summed E-state index contributed by atoms with van der Waals surface area (Å²) in [5.74, 6) is 0.749. The molecule has 1 aromatic heterocycles. The summed E-state index contributed by atoms with van der Waals surface area (Å²) in [5, 5.41) is 12.1. The smallest absolute Gasteiger partial charge is 0.182 e. The van der Waals surface area contributed by atoms with Crippen molar-refractivity contribution in [2.75, 3.05) is 5.73 Å². The molecule has 0 atom stereocenters. The average Bonchev–Trinajstić information content (AvgIpc) is 2.86. The normalized spacial score (nSPS) is 11.8. The summed E-state index contributed by atoms with van der Waals surface area (Å²) in [4.78, 5) is 0. The number of hydrogen-bond acceptors (Lipinski definition) is 4. The van der Waals surface area contributed by atoms with Crippen molar-refractivity contribution in [1.29, 1.82) is 0 Å². The van der Waals surface area contributed by atoms with Crippen LogP contribution in [-0.2, 0) is 5.54 Å². The van der Waals surface area contributed by atoms with Crippen LogP contribution in [0, 0.1) is 0 Å². The minimum absolute atomic E-state index is 0.0874. The van der Waals surface area contributed by atoms with Crippen LogP contribution in [0.15, 0.2) is 22.7 Å². The van der Waals surface area contributed by atoms with E-state index in [0.29, 0.717) is 5.69 Å². The minimum atomic E-state index is -0.0874. The van der Waals surface area contributed by atoms with Crippen LogP contribution in [0.5, 0.6) is 0 Å². The first kappa shape index (κ1) is 14.0. The summed E-state index contributed by atoms with van der Waals surface area (Å²) in [6.07, 6.45) is 1.93. The molecule has 0 bridgehead atoms. The van der Waals surface area contributed by atoms with Crippen LogP contribution < -0.4 is 5.73 Å². The second-order valence-electron chi connectivity index (χ2n) is 4.89. The molecule has 0 amide bonds. The fourth-order valence-corrected chi connectivity index (χ4v) is 2.53. The van der Waals surface area contributed by atoms with E-state index in [1.165, 1.54) is 0 Å². The Labute approximate surface area is 121 Å². The van der Waals surface area contributed by atoms with Gasteiger partial charge in [0.15, 0.2) is 5.82 Å². The van der Waals surface area contributed by atoms with Crippen molar-refractivity contribution in [1.82, 2.24) is 20.2 Å². The van der Waals surface area contributed by atoms with E-state index >= 15 is 0 Å². The lowest BCUT2D eigenvalue weighted by molar-refractivity contribution is 0.262. The van der Waals surface area contributed by atoms with Gasteiger partial charge in [-0.25, -0.2) is 4.68 Å². The highest BCUT2D eigenvalue weighted by molar-refractivity contribution is 9.10. The number of anilines is 1. The van der Waals surface area contributed by atoms with E-state index in [4.69, 9.17) is 5.73 Å². The highest BCUT2D eigenvalue weighted by Gasteiger charge is 2.27. The Morgan fingerprint density at radius 1 is 1.26 bits per heavy atom. The maximum Gasteiger partial charge on any atom is 0.182 e. The SMILES string of the molecule is CCC(C)(CC)n1nnnc1-c1cc(N)cc(Br)c1. The van der Waals surface area contributed by atoms with Crippen molar-refractivity contribution in [2.45, 2.75) is 39.2 Å². The first-order chi connectivity index (χ1) is 9.00. The molecule has 2 aromatic rings. The lowest BCUT2D eigenvalue weighted by Gasteiger charge is -2.27. The van der Waals surface area contributed by atoms with E-state index in [9.17, 15) is 0 Å². The summed E-state index contributed by atoms with van der Waals surface area (Å²) < 4.78 is 2.82. The molecule has 0 fully saturated rings. The monoisotopic (exact) mass is 323 g/mol. The van der Waals surface area contributed by atoms with E-state index in [2.05, 4.69) is 52.2 Å². The van der Waals surface area contributed by atoms with Gasteiger partial charge in [0.1, 0.15) is 0 Å². The lowest BCUT2D eigenvalue weighted by Crippen LogP contribution is -2.30. The van der Waals surface area contributed by atoms with Gasteiger partial charge in [-0.1, -0.05) is 29.8 Å². The molecule has 0 saturated carbocycles. The number of rotatable bonds is 4. The van der Waals surface area contributed by atoms with Crippen molar-refractivity contribution in [3.8, 4) is 11.4 Å². The molecule has 1 heterocycles. The lowest BCUT2D eigenvalue weighted by atomic mass is 9.95. The van der Waals surface area contributed by atoms with Gasteiger partial charge in [-0.05, 0) is 48.4 Å². The van der Waals surface area contributed by atoms with Crippen LogP contribution in [0.4, 0.5) is 5.69 Å². The number of halogens is 1. The van der Waals surface area contributed by atoms with Gasteiger partial charge in [0, 0.05) is 15.7 Å². The van der Waals surface area contributed by atoms with Crippen molar-refractivity contribution in [3.05, 3.63) is 22.7 Å². The van der Waals surface area contributed by atoms with Crippen LogP contribution in [0.3, 0.4) is 0 Å². The Bertz CT molecular complexity index is 554. The molecule has 0 aliphatic rings. The topological polar surface area (TPSA) is 69.6 Å². The molecule has 0 radical (unpaired) electrons. The molecule has 0 aliphatic heterocycles. The third kappa shape index (κ3) is 2.63. The van der Waals surface area contributed by atoms with E-state index in [1.807, 2.05) is 22.9 Å². The van der Waals surface area contributed by atoms with E-state index in [-0.39, 0.29) is 5.54 Å². The number of nitrogens with two attached hydrogens (primary N) is 1. The number of nitrogen functional groups attached to an aromatic ring is 1. The Hall–Kier alpha value is -1.43. The van der Waals surface area contributed by atoms with Gasteiger partial charge in [0.25, 0.3) is 0 Å². The largest absolute Gasteiger partial charge is 0.399 e. The predicted molar refractivity (Wildman–Crippen MR) is 79.6 cm³/mol. The third-order valence-electron chi connectivity index (χ3n) is 3.68. The average molecular weight is 324 g/mol. The molecule has 5 nitrogen and oxygen atoms in total. The van der Waals surface area contributed by atoms with Gasteiger partial charge in [-0.2, -0.15) is 0 Å². The highest BCUT2D eigenvalue weighted by Crippen LogP contribution is 2.30. The highest BCUT2D eigenvalue weighted by atomic mass is 79.9. The zero-order chi connectivity index (χ0) is 14.0. The van der Waals surface area contributed by atoms with Gasteiger partial charge in [0.05, 0.1) is 5.54 Å². The summed E-state index contributed by atoms with van der Waals surface area (Å²) in [6, 6.07) is 5.72. The molecule has 102 valence electrons. The number of nitrogens with zero attached hydrogens (tertiary/aromatic N) is 4. The number of hydrogen-bond donors (Lipinski definition) is 1. The second kappa shape index (κ2) is 5.28. The second-order valence-corrected chi connectivity index (χ2v) is 5.81. The molecule has 0 unspecified atom stereocenters. The summed E-state index contributed by atoms with van der Waals surface area (Å²) in [6.45, 7) is 6.45. The van der Waals surface area contributed by atoms with Crippen molar-refractivity contribution >= 4 is 21.6 Å². The maximum absolute atomic E-state index is 5.88. The van der Waals surface area contributed by atoms with Crippen molar-refractivity contribution < 1.29 is 0 Å². The Morgan fingerprint density at radius 2 is 1.95 bits per heavy atom. The Kier molecular flexibility index (Phi) is 3.89. The zero-order valence-corrected chi connectivity index (χ0v) is 13.0. The minimum Gasteiger partial charge on any atom is -0.399 e. The molecule has 0 aliphatic carbocycles. The van der Waals surface area contributed by atoms with Crippen LogP contribution >= 0.6 is 15.9 Å². The summed E-state index contributed by atoms with van der Waals surface area (Å²) in [7, 11) is 0. The van der Waals surface area contributed by atoms with Crippen LogP contribution in [0.1, 0.15) is 33.6 Å². The first-order valence-corrected chi connectivity index (χ1v) is 7.14. The fraction of sp³-hybridized carbons (Fsp3) is 0.462. The predicted octanol–water partition coefficient (Wildman–Crippen LogP) is 3.22. The molecule has 0 saturated heterocycles. The van der Waals surface area contributed by atoms with Crippen LogP contribution in [0.25, 0.3) is 11.4 Å². The molecular weight excluding hydrogens is 306 g/mol. The zero-order valence-electron chi connectivity index (χ0n) is 11.4. The van der Waals surface area contributed by atoms with Gasteiger partial charge < -0.3 is 5.73 Å². The molecule has 2 rings (SSSR count). The molecule has 2 N–H and O–H groups in total. The van der Waals surface area contributed by atoms with Crippen LogP contribution in [0.2, 0.25) is 0 Å². The molecule has 6 heteroatoms. The third-order valence-corrected chi connectivity index (χ3v) is 4.14. The van der Waals surface area contributed by atoms with Crippen molar-refractivity contribution in [3.63, 3.8) is 0 Å². The number of aromatic nitrogens is 4. The number of benzene rings is 1. The first-order valence-electron chi connectivity index (χ1n) is 6.35. The van der Waals surface area contributed by atoms with Crippen molar-refractivity contribution in [2.24, 2.45) is 0 Å². The van der Waals surface area contributed by atoms with Crippen LogP contribution in [-0.4, -0.2) is 20.2 Å². The van der Waals surface area contributed by atoms with E-state index < -0.39 is 0 Å². The van der Waals surface area contributed by atoms with Gasteiger partial charge in [-0.15, -0.1) is 5.10 Å². The Balaban J connectivity index is 2.56. The molecule has 19 heavy (non-hydrogen) atoms. The van der Waals surface area contributed by atoms with E-state index in [0.717, 1.165) is 28.7 Å². The summed E-state index contributed by atoms with van der Waals surface area (Å²) >= 11 is 3.45. The molecule has 1 aromatic carbocycles. The fourth-order valence-electron chi connectivity index (χ4n) is 2.02. The van der Waals surface area contributed by atoms with Gasteiger partial charge in [0.2, 0.25) is 0 Å². The summed E-state index contributed by atoms with van der Waals surface area (Å²) in [5.41, 5.74) is 7.40. The van der Waals surface area contributed by atoms with Gasteiger partial charge in [-0.3, -0.25) is 0 Å². The molecular formula is C13H18BrN5. The molecule has 0 spiro atoms. The maximum atomic E-state index is 5.88.